The molecule has 0 aliphatic rings. The molecule has 2 aromatic rings. The largest absolute Gasteiger partial charge is 0.333 e. The van der Waals surface area contributed by atoms with Crippen molar-refractivity contribution in [3.63, 3.8) is 0 Å². The van der Waals surface area contributed by atoms with Crippen molar-refractivity contribution in [2.45, 2.75) is 46.7 Å². The fraction of sp³-hybridized carbons (Fsp3) is 0.455. The quantitative estimate of drug-likeness (QED) is 0.600. The first-order chi connectivity index (χ1) is 13.0. The van der Waals surface area contributed by atoms with E-state index in [1.807, 2.05) is 59.7 Å². The molecule has 2 rings (SSSR count). The van der Waals surface area contributed by atoms with Crippen LogP contribution in [0.2, 0.25) is 0 Å². The first-order valence-electron chi connectivity index (χ1n) is 9.65. The molecule has 5 heteroatoms. The number of carbonyl (C=O) groups excluding carboxylic acids is 2. The van der Waals surface area contributed by atoms with E-state index in [-0.39, 0.29) is 18.4 Å². The normalized spacial score (nSPS) is 11.8. The van der Waals surface area contributed by atoms with Gasteiger partial charge in [-0.1, -0.05) is 63.6 Å². The Hall–Kier alpha value is -2.14. The van der Waals surface area contributed by atoms with E-state index in [0.29, 0.717) is 32.0 Å². The van der Waals surface area contributed by atoms with E-state index in [0.717, 1.165) is 16.9 Å². The van der Waals surface area contributed by atoms with Gasteiger partial charge in [0.1, 0.15) is 0 Å². The summed E-state index contributed by atoms with van der Waals surface area (Å²) in [5.74, 6) is 0.421. The lowest BCUT2D eigenvalue weighted by Gasteiger charge is -2.29. The molecule has 27 heavy (non-hydrogen) atoms. The lowest BCUT2D eigenvalue weighted by Crippen LogP contribution is -2.43. The number of hydrogen-bond donors (Lipinski definition) is 0. The zero-order valence-electron chi connectivity index (χ0n) is 16.6. The van der Waals surface area contributed by atoms with E-state index < -0.39 is 0 Å². The maximum atomic E-state index is 13.1. The Kier molecular flexibility index (Phi) is 8.52. The minimum Gasteiger partial charge on any atom is -0.333 e. The second-order valence-electron chi connectivity index (χ2n) is 6.96. The molecule has 0 aliphatic heterocycles. The van der Waals surface area contributed by atoms with Gasteiger partial charge in [-0.3, -0.25) is 9.59 Å². The lowest BCUT2D eigenvalue weighted by molar-refractivity contribution is -0.141. The third-order valence-corrected chi connectivity index (χ3v) is 5.57. The predicted octanol–water partition coefficient (Wildman–Crippen LogP) is 4.56. The Bertz CT molecular complexity index is 700. The minimum absolute atomic E-state index is 0.00245. The second kappa shape index (κ2) is 10.9. The Morgan fingerprint density at radius 1 is 0.963 bits per heavy atom. The first-order valence-corrected chi connectivity index (χ1v) is 10.5. The van der Waals surface area contributed by atoms with Crippen LogP contribution in [0.15, 0.2) is 47.8 Å². The highest BCUT2D eigenvalue weighted by molar-refractivity contribution is 7.09. The van der Waals surface area contributed by atoms with Crippen LogP contribution in [0.5, 0.6) is 0 Å². The van der Waals surface area contributed by atoms with Crippen molar-refractivity contribution in [1.82, 2.24) is 9.80 Å². The van der Waals surface area contributed by atoms with Gasteiger partial charge in [0, 0.05) is 24.4 Å². The number of nitrogens with zero attached hydrogens (tertiary/aromatic N) is 2. The smallest absolute Gasteiger partial charge is 0.242 e. The van der Waals surface area contributed by atoms with Crippen molar-refractivity contribution in [1.29, 1.82) is 0 Å². The fourth-order valence-electron chi connectivity index (χ4n) is 2.87. The molecule has 0 N–H and O–H groups in total. The summed E-state index contributed by atoms with van der Waals surface area (Å²) in [6.07, 6.45) is 1.41. The van der Waals surface area contributed by atoms with E-state index in [2.05, 4.69) is 13.8 Å². The van der Waals surface area contributed by atoms with Crippen molar-refractivity contribution in [3.05, 3.63) is 58.3 Å². The van der Waals surface area contributed by atoms with Crippen LogP contribution in [0.1, 0.15) is 44.1 Å². The summed E-state index contributed by atoms with van der Waals surface area (Å²) in [7, 11) is 0. The van der Waals surface area contributed by atoms with Crippen LogP contribution in [0.4, 0.5) is 0 Å². The third-order valence-electron chi connectivity index (χ3n) is 4.71. The Labute approximate surface area is 166 Å². The van der Waals surface area contributed by atoms with Crippen LogP contribution in [-0.2, 0) is 22.7 Å². The molecule has 0 aliphatic carbocycles. The summed E-state index contributed by atoms with van der Waals surface area (Å²) in [6.45, 7) is 7.98. The molecular weight excluding hydrogens is 356 g/mol. The lowest BCUT2D eigenvalue weighted by atomic mass is 10.1. The fourth-order valence-corrected chi connectivity index (χ4v) is 3.59. The molecule has 146 valence electrons. The van der Waals surface area contributed by atoms with E-state index in [1.165, 1.54) is 0 Å². The van der Waals surface area contributed by atoms with Crippen LogP contribution in [0.25, 0.3) is 0 Å². The number of amides is 2. The summed E-state index contributed by atoms with van der Waals surface area (Å²) >= 11 is 1.65. The molecule has 0 fully saturated rings. The highest BCUT2D eigenvalue weighted by atomic mass is 32.1. The molecule has 0 saturated carbocycles. The van der Waals surface area contributed by atoms with Gasteiger partial charge in [-0.15, -0.1) is 11.3 Å². The number of hydrogen-bond acceptors (Lipinski definition) is 3. The topological polar surface area (TPSA) is 40.6 Å². The Morgan fingerprint density at radius 3 is 2.30 bits per heavy atom. The Balaban J connectivity index is 2.13. The molecule has 1 heterocycles. The van der Waals surface area contributed by atoms with Crippen molar-refractivity contribution in [2.75, 3.05) is 13.1 Å². The van der Waals surface area contributed by atoms with E-state index in [9.17, 15) is 9.59 Å². The highest BCUT2D eigenvalue weighted by Gasteiger charge is 2.22. The zero-order chi connectivity index (χ0) is 19.6. The van der Waals surface area contributed by atoms with Crippen molar-refractivity contribution in [2.24, 2.45) is 5.92 Å². The molecule has 2 amide bonds. The number of carbonyl (C=O) groups is 2. The molecule has 0 saturated heterocycles. The van der Waals surface area contributed by atoms with Gasteiger partial charge in [0.2, 0.25) is 11.8 Å². The van der Waals surface area contributed by atoms with E-state index in [1.54, 1.807) is 16.2 Å². The number of thiophene rings is 1. The van der Waals surface area contributed by atoms with Crippen LogP contribution in [0, 0.1) is 5.92 Å². The zero-order valence-corrected chi connectivity index (χ0v) is 17.4. The summed E-state index contributed by atoms with van der Waals surface area (Å²) in [5.41, 5.74) is 1.10. The van der Waals surface area contributed by atoms with Gasteiger partial charge in [0.15, 0.2) is 0 Å². The van der Waals surface area contributed by atoms with Crippen LogP contribution >= 0.6 is 11.3 Å². The Morgan fingerprint density at radius 2 is 1.70 bits per heavy atom. The van der Waals surface area contributed by atoms with Gasteiger partial charge in [-0.05, 0) is 22.9 Å². The van der Waals surface area contributed by atoms with Gasteiger partial charge in [0.25, 0.3) is 0 Å². The predicted molar refractivity (Wildman–Crippen MR) is 111 cm³/mol. The van der Waals surface area contributed by atoms with Gasteiger partial charge in [-0.2, -0.15) is 0 Å². The van der Waals surface area contributed by atoms with Crippen LogP contribution in [-0.4, -0.2) is 34.7 Å². The summed E-state index contributed by atoms with van der Waals surface area (Å²) < 4.78 is 0. The highest BCUT2D eigenvalue weighted by Crippen LogP contribution is 2.16. The summed E-state index contributed by atoms with van der Waals surface area (Å²) in [5, 5.41) is 2.02. The minimum atomic E-state index is -0.00245. The maximum Gasteiger partial charge on any atom is 0.242 e. The average Bonchev–Trinajstić information content (AvgIpc) is 3.20. The maximum absolute atomic E-state index is 13.1. The molecule has 1 aromatic carbocycles. The van der Waals surface area contributed by atoms with Gasteiger partial charge in [0.05, 0.1) is 13.1 Å². The molecule has 0 unspecified atom stereocenters. The molecule has 1 aromatic heterocycles. The average molecular weight is 387 g/mol. The van der Waals surface area contributed by atoms with Crippen molar-refractivity contribution in [3.8, 4) is 0 Å². The first kappa shape index (κ1) is 21.2. The van der Waals surface area contributed by atoms with Crippen molar-refractivity contribution >= 4 is 23.2 Å². The van der Waals surface area contributed by atoms with E-state index in [4.69, 9.17) is 0 Å². The standard InChI is InChI=1S/C22H30N2O2S/c1-4-18(3)14-23(21(25)5-2)17-22(26)24(16-20-12-9-13-27-20)15-19-10-7-6-8-11-19/h6-13,18H,4-5,14-17H2,1-3H3/t18-/m0/s1. The number of rotatable bonds is 10. The second-order valence-corrected chi connectivity index (χ2v) is 7.99. The SMILES string of the molecule is CCC(=O)N(CC(=O)N(Cc1ccccc1)Cc1cccs1)C[C@@H](C)CC. The molecule has 1 atom stereocenters. The monoisotopic (exact) mass is 386 g/mol. The van der Waals surface area contributed by atoms with Crippen molar-refractivity contribution < 1.29 is 9.59 Å². The van der Waals surface area contributed by atoms with E-state index >= 15 is 0 Å². The molecule has 4 nitrogen and oxygen atoms in total. The van der Waals surface area contributed by atoms with Crippen LogP contribution in [0.3, 0.4) is 0 Å². The summed E-state index contributed by atoms with van der Waals surface area (Å²) in [6, 6.07) is 14.1. The molecule has 0 radical (unpaired) electrons. The van der Waals surface area contributed by atoms with Gasteiger partial charge < -0.3 is 9.80 Å². The van der Waals surface area contributed by atoms with Gasteiger partial charge in [-0.25, -0.2) is 0 Å². The van der Waals surface area contributed by atoms with Gasteiger partial charge >= 0.3 is 0 Å². The van der Waals surface area contributed by atoms with Crippen LogP contribution < -0.4 is 0 Å². The molecule has 0 spiro atoms. The molecule has 0 bridgehead atoms. The number of benzene rings is 1. The molecular formula is C22H30N2O2S. The summed E-state index contributed by atoms with van der Waals surface area (Å²) in [4.78, 5) is 30.2. The third kappa shape index (κ3) is 6.83.